The van der Waals surface area contributed by atoms with Crippen LogP contribution in [-0.2, 0) is 14.8 Å². The topological polar surface area (TPSA) is 54.5 Å². The van der Waals surface area contributed by atoms with E-state index in [0.29, 0.717) is 10.2 Å². The monoisotopic (exact) mass is 465 g/mol. The fraction of sp³-hybridized carbons (Fsp3) is 0.0714. The van der Waals surface area contributed by atoms with Gasteiger partial charge in [0.2, 0.25) is 5.24 Å². The van der Waals surface area contributed by atoms with Crippen LogP contribution in [0.2, 0.25) is 0 Å². The Balaban J connectivity index is 2.56. The van der Waals surface area contributed by atoms with Gasteiger partial charge >= 0.3 is 0 Å². The first-order valence-corrected chi connectivity index (χ1v) is 9.44. The summed E-state index contributed by atoms with van der Waals surface area (Å²) in [6, 6.07) is 12.9. The molecule has 0 saturated carbocycles. The van der Waals surface area contributed by atoms with Crippen molar-refractivity contribution in [2.75, 3.05) is 10.8 Å². The lowest BCUT2D eigenvalue weighted by molar-refractivity contribution is -0.110. The van der Waals surface area contributed by atoms with Gasteiger partial charge in [0.1, 0.15) is 6.54 Å². The Hall–Kier alpha value is -0.890. The predicted molar refractivity (Wildman–Crippen MR) is 93.7 cm³/mol. The van der Waals surface area contributed by atoms with Crippen molar-refractivity contribution >= 4 is 64.4 Å². The van der Waals surface area contributed by atoms with Crippen LogP contribution in [0.5, 0.6) is 0 Å². The molecule has 0 saturated heterocycles. The highest BCUT2D eigenvalue weighted by Gasteiger charge is 2.27. The third kappa shape index (κ3) is 3.90. The van der Waals surface area contributed by atoms with E-state index < -0.39 is 21.8 Å². The highest BCUT2D eigenvalue weighted by atomic mass is 79.9. The van der Waals surface area contributed by atoms with Gasteiger partial charge in [0.25, 0.3) is 10.0 Å². The molecule has 0 aromatic heterocycles. The van der Waals surface area contributed by atoms with Crippen molar-refractivity contribution < 1.29 is 13.2 Å². The molecule has 0 bridgehead atoms. The number of para-hydroxylation sites is 1. The molecule has 0 spiro atoms. The number of anilines is 1. The van der Waals surface area contributed by atoms with Gasteiger partial charge in [-0.25, -0.2) is 8.42 Å². The Bertz CT molecular complexity index is 794. The minimum atomic E-state index is -3.91. The standard InChI is InChI=1S/C14H10Br2ClNO3S/c15-10-5-7-11(8-6-10)22(20,21)18(9-14(17)19)13-4-2-1-3-12(13)16/h1-8H,9H2. The maximum absolute atomic E-state index is 12.8. The molecule has 0 amide bonds. The maximum atomic E-state index is 12.8. The molecule has 0 unspecified atom stereocenters. The summed E-state index contributed by atoms with van der Waals surface area (Å²) in [6.07, 6.45) is 0. The van der Waals surface area contributed by atoms with E-state index >= 15 is 0 Å². The molecule has 0 aliphatic carbocycles. The molecular weight excluding hydrogens is 457 g/mol. The van der Waals surface area contributed by atoms with Crippen LogP contribution >= 0.6 is 43.5 Å². The third-order valence-electron chi connectivity index (χ3n) is 2.79. The van der Waals surface area contributed by atoms with Gasteiger partial charge in [0.15, 0.2) is 0 Å². The number of rotatable bonds is 5. The van der Waals surface area contributed by atoms with Gasteiger partial charge in [-0.2, -0.15) is 0 Å². The van der Waals surface area contributed by atoms with E-state index in [1.165, 1.54) is 12.1 Å². The average molecular weight is 468 g/mol. The summed E-state index contributed by atoms with van der Waals surface area (Å²) >= 11 is 12.0. The van der Waals surface area contributed by atoms with Crippen LogP contribution in [-0.4, -0.2) is 20.2 Å². The summed E-state index contributed by atoms with van der Waals surface area (Å²) < 4.78 is 27.9. The van der Waals surface area contributed by atoms with Crippen molar-refractivity contribution in [3.8, 4) is 0 Å². The lowest BCUT2D eigenvalue weighted by Crippen LogP contribution is -2.34. The van der Waals surface area contributed by atoms with E-state index in [1.807, 2.05) is 0 Å². The first-order valence-electron chi connectivity index (χ1n) is 6.03. The van der Waals surface area contributed by atoms with Crippen molar-refractivity contribution in [2.45, 2.75) is 4.90 Å². The number of hydrogen-bond donors (Lipinski definition) is 0. The molecule has 0 atom stereocenters. The van der Waals surface area contributed by atoms with Crippen molar-refractivity contribution in [3.63, 3.8) is 0 Å². The van der Waals surface area contributed by atoms with Crippen molar-refractivity contribution in [2.24, 2.45) is 0 Å². The largest absolute Gasteiger partial charge is 0.279 e. The van der Waals surface area contributed by atoms with E-state index in [4.69, 9.17) is 11.6 Å². The van der Waals surface area contributed by atoms with Gasteiger partial charge < -0.3 is 0 Å². The highest BCUT2D eigenvalue weighted by Crippen LogP contribution is 2.31. The van der Waals surface area contributed by atoms with Crippen molar-refractivity contribution in [1.82, 2.24) is 0 Å². The van der Waals surface area contributed by atoms with Crippen LogP contribution in [0, 0.1) is 0 Å². The molecule has 22 heavy (non-hydrogen) atoms. The van der Waals surface area contributed by atoms with Gasteiger partial charge in [-0.05, 0) is 63.9 Å². The Kier molecular flexibility index (Phi) is 5.65. The fourth-order valence-corrected chi connectivity index (χ4v) is 4.31. The van der Waals surface area contributed by atoms with Gasteiger partial charge in [-0.15, -0.1) is 0 Å². The minimum Gasteiger partial charge on any atom is -0.279 e. The van der Waals surface area contributed by atoms with E-state index in [1.54, 1.807) is 36.4 Å². The zero-order valence-electron chi connectivity index (χ0n) is 11.0. The predicted octanol–water partition coefficient (Wildman–Crippen LogP) is 4.17. The number of halogens is 3. The van der Waals surface area contributed by atoms with Crippen LogP contribution in [0.25, 0.3) is 0 Å². The Morgan fingerprint density at radius 3 is 2.18 bits per heavy atom. The third-order valence-corrected chi connectivity index (χ3v) is 5.88. The molecule has 0 heterocycles. The molecule has 2 aromatic carbocycles. The molecule has 0 radical (unpaired) electrons. The second-order valence-corrected chi connectivity index (χ2v) is 8.33. The molecule has 2 rings (SSSR count). The quantitative estimate of drug-likeness (QED) is 0.620. The summed E-state index contributed by atoms with van der Waals surface area (Å²) in [5.74, 6) is 0. The maximum Gasteiger partial charge on any atom is 0.264 e. The summed E-state index contributed by atoms with van der Waals surface area (Å²) in [5, 5.41) is -0.767. The Labute approximate surface area is 150 Å². The molecule has 4 nitrogen and oxygen atoms in total. The number of sulfonamides is 1. The zero-order chi connectivity index (χ0) is 16.3. The van der Waals surface area contributed by atoms with Crippen LogP contribution < -0.4 is 4.31 Å². The Morgan fingerprint density at radius 2 is 1.64 bits per heavy atom. The zero-order valence-corrected chi connectivity index (χ0v) is 15.8. The second kappa shape index (κ2) is 7.12. The average Bonchev–Trinajstić information content (AvgIpc) is 2.46. The van der Waals surface area contributed by atoms with Crippen LogP contribution in [0.1, 0.15) is 0 Å². The normalized spacial score (nSPS) is 11.2. The molecule has 2 aromatic rings. The van der Waals surface area contributed by atoms with Gasteiger partial charge in [-0.3, -0.25) is 9.10 Å². The molecule has 0 aliphatic rings. The van der Waals surface area contributed by atoms with Crippen molar-refractivity contribution in [1.29, 1.82) is 0 Å². The number of nitrogens with zero attached hydrogens (tertiary/aromatic N) is 1. The molecule has 0 N–H and O–H groups in total. The van der Waals surface area contributed by atoms with Gasteiger partial charge in [-0.1, -0.05) is 28.1 Å². The first kappa shape index (κ1) is 17.5. The van der Waals surface area contributed by atoms with E-state index in [2.05, 4.69) is 31.9 Å². The second-order valence-electron chi connectivity index (χ2n) is 4.27. The van der Waals surface area contributed by atoms with Crippen LogP contribution in [0.3, 0.4) is 0 Å². The van der Waals surface area contributed by atoms with E-state index in [-0.39, 0.29) is 4.90 Å². The highest BCUT2D eigenvalue weighted by molar-refractivity contribution is 9.10. The Morgan fingerprint density at radius 1 is 1.05 bits per heavy atom. The summed E-state index contributed by atoms with van der Waals surface area (Å²) in [6.45, 7) is -0.456. The first-order chi connectivity index (χ1) is 10.3. The number of carbonyl (C=O) groups excluding carboxylic acids is 1. The van der Waals surface area contributed by atoms with E-state index in [9.17, 15) is 13.2 Å². The van der Waals surface area contributed by atoms with E-state index in [0.717, 1.165) is 8.78 Å². The molecule has 0 fully saturated rings. The fourth-order valence-electron chi connectivity index (χ4n) is 1.80. The van der Waals surface area contributed by atoms with Gasteiger partial charge in [0.05, 0.1) is 10.6 Å². The van der Waals surface area contributed by atoms with Crippen LogP contribution in [0.15, 0.2) is 62.4 Å². The SMILES string of the molecule is O=C(Cl)CN(c1ccccc1Br)S(=O)(=O)c1ccc(Br)cc1. The minimum absolute atomic E-state index is 0.0735. The summed E-state index contributed by atoms with van der Waals surface area (Å²) in [4.78, 5) is 11.4. The molecule has 0 aliphatic heterocycles. The molecule has 116 valence electrons. The van der Waals surface area contributed by atoms with Gasteiger partial charge in [0, 0.05) is 8.95 Å². The smallest absolute Gasteiger partial charge is 0.264 e. The summed E-state index contributed by atoms with van der Waals surface area (Å²) in [5.41, 5.74) is 0.347. The molecular formula is C14H10Br2ClNO3S. The van der Waals surface area contributed by atoms with Crippen molar-refractivity contribution in [3.05, 3.63) is 57.5 Å². The lowest BCUT2D eigenvalue weighted by Gasteiger charge is -2.24. The lowest BCUT2D eigenvalue weighted by atomic mass is 10.3. The summed E-state index contributed by atoms with van der Waals surface area (Å²) in [7, 11) is -3.91. The van der Waals surface area contributed by atoms with Crippen LogP contribution in [0.4, 0.5) is 5.69 Å². The number of benzene rings is 2. The molecule has 8 heteroatoms. The number of carbonyl (C=O) groups is 1. The number of hydrogen-bond acceptors (Lipinski definition) is 3.